The Morgan fingerprint density at radius 3 is 1.96 bits per heavy atom. The number of halogens is 6. The first-order valence-corrected chi connectivity index (χ1v) is 7.94. The molecule has 1 aliphatic rings. The van der Waals surface area contributed by atoms with Gasteiger partial charge in [-0.15, -0.1) is 12.4 Å². The van der Waals surface area contributed by atoms with Crippen LogP contribution in [0.3, 0.4) is 0 Å². The Morgan fingerprint density at radius 1 is 0.917 bits per heavy atom. The van der Waals surface area contributed by atoms with Crippen LogP contribution in [0.1, 0.15) is 17.2 Å². The van der Waals surface area contributed by atoms with Gasteiger partial charge in [0.05, 0.1) is 11.6 Å². The molecular weight excluding hydrogens is 371 g/mol. The molecule has 0 unspecified atom stereocenters. The number of piperazine rings is 1. The molecule has 2 aromatic rings. The van der Waals surface area contributed by atoms with Crippen molar-refractivity contribution in [2.45, 2.75) is 6.04 Å². The van der Waals surface area contributed by atoms with Gasteiger partial charge in [-0.3, -0.25) is 4.90 Å². The van der Waals surface area contributed by atoms with E-state index >= 15 is 0 Å². The molecule has 1 aliphatic heterocycles. The molecule has 1 aromatic heterocycles. The van der Waals surface area contributed by atoms with Crippen molar-refractivity contribution in [1.82, 2.24) is 10.2 Å². The Morgan fingerprint density at radius 2 is 1.46 bits per heavy atom. The van der Waals surface area contributed by atoms with E-state index in [-0.39, 0.29) is 12.4 Å². The molecule has 1 atom stereocenters. The SMILES string of the molecule is Cl.Fc1c(F)c(F)c([C@H](c2ccsc2)N2CCNCC2)c(F)c1F. The zero-order valence-electron chi connectivity index (χ0n) is 12.3. The molecule has 0 amide bonds. The van der Waals surface area contributed by atoms with Gasteiger partial charge < -0.3 is 5.32 Å². The van der Waals surface area contributed by atoms with Crippen LogP contribution in [0, 0.1) is 29.1 Å². The van der Waals surface area contributed by atoms with Crippen molar-refractivity contribution < 1.29 is 22.0 Å². The van der Waals surface area contributed by atoms with Crippen LogP contribution in [0.4, 0.5) is 22.0 Å². The third-order valence-corrected chi connectivity index (χ3v) is 4.59. The van der Waals surface area contributed by atoms with E-state index in [1.54, 1.807) is 21.7 Å². The molecule has 2 nitrogen and oxygen atoms in total. The van der Waals surface area contributed by atoms with Gasteiger partial charge in [0.1, 0.15) is 0 Å². The number of rotatable bonds is 3. The van der Waals surface area contributed by atoms with Crippen LogP contribution in [0.2, 0.25) is 0 Å². The molecule has 1 fully saturated rings. The van der Waals surface area contributed by atoms with Crippen LogP contribution < -0.4 is 5.32 Å². The van der Waals surface area contributed by atoms with Crippen molar-refractivity contribution in [1.29, 1.82) is 0 Å². The highest BCUT2D eigenvalue weighted by Crippen LogP contribution is 2.36. The summed E-state index contributed by atoms with van der Waals surface area (Å²) in [5.41, 5.74) is -0.276. The molecule has 0 aliphatic carbocycles. The Bertz CT molecular complexity index is 675. The summed E-state index contributed by atoms with van der Waals surface area (Å²) in [6.07, 6.45) is 0. The molecule has 24 heavy (non-hydrogen) atoms. The highest BCUT2D eigenvalue weighted by Gasteiger charge is 2.34. The minimum Gasteiger partial charge on any atom is -0.314 e. The van der Waals surface area contributed by atoms with Gasteiger partial charge in [-0.2, -0.15) is 11.3 Å². The minimum absolute atomic E-state index is 0. The fourth-order valence-corrected chi connectivity index (χ4v) is 3.47. The second-order valence-corrected chi connectivity index (χ2v) is 6.01. The van der Waals surface area contributed by atoms with Gasteiger partial charge in [-0.05, 0) is 22.4 Å². The van der Waals surface area contributed by atoms with Gasteiger partial charge in [-0.1, -0.05) is 0 Å². The van der Waals surface area contributed by atoms with Crippen molar-refractivity contribution in [2.24, 2.45) is 0 Å². The molecule has 0 bridgehead atoms. The Kier molecular flexibility index (Phi) is 6.19. The normalized spacial score (nSPS) is 16.7. The van der Waals surface area contributed by atoms with Crippen LogP contribution in [-0.4, -0.2) is 31.1 Å². The molecule has 1 N–H and O–H groups in total. The molecule has 0 saturated carbocycles. The predicted octanol–water partition coefficient (Wildman–Crippen LogP) is 3.86. The van der Waals surface area contributed by atoms with Crippen molar-refractivity contribution in [3.8, 4) is 0 Å². The summed E-state index contributed by atoms with van der Waals surface area (Å²) in [5.74, 6) is -9.48. The largest absolute Gasteiger partial charge is 0.314 e. The van der Waals surface area contributed by atoms with Crippen LogP contribution in [0.25, 0.3) is 0 Å². The maximum Gasteiger partial charge on any atom is 0.200 e. The fraction of sp³-hybridized carbons (Fsp3) is 0.333. The number of nitrogens with zero attached hydrogens (tertiary/aromatic N) is 1. The van der Waals surface area contributed by atoms with Crippen molar-refractivity contribution in [3.05, 3.63) is 57.0 Å². The molecule has 1 aromatic carbocycles. The monoisotopic (exact) mass is 384 g/mol. The first-order chi connectivity index (χ1) is 11.0. The van der Waals surface area contributed by atoms with Crippen LogP contribution in [-0.2, 0) is 0 Å². The summed E-state index contributed by atoms with van der Waals surface area (Å²) in [4.78, 5) is 1.72. The third-order valence-electron chi connectivity index (χ3n) is 3.89. The maximum absolute atomic E-state index is 14.2. The van der Waals surface area contributed by atoms with E-state index in [2.05, 4.69) is 5.32 Å². The number of hydrogen-bond donors (Lipinski definition) is 1. The second kappa shape index (κ2) is 7.77. The van der Waals surface area contributed by atoms with Crippen LogP contribution in [0.15, 0.2) is 16.8 Å². The molecule has 9 heteroatoms. The molecule has 3 rings (SSSR count). The van der Waals surface area contributed by atoms with E-state index in [9.17, 15) is 22.0 Å². The van der Waals surface area contributed by atoms with Gasteiger partial charge in [0, 0.05) is 26.2 Å². The molecule has 1 saturated heterocycles. The fourth-order valence-electron chi connectivity index (χ4n) is 2.79. The lowest BCUT2D eigenvalue weighted by Crippen LogP contribution is -2.45. The molecule has 0 spiro atoms. The highest BCUT2D eigenvalue weighted by molar-refractivity contribution is 7.08. The van der Waals surface area contributed by atoms with Gasteiger partial charge in [0.15, 0.2) is 23.3 Å². The molecule has 2 heterocycles. The first kappa shape index (κ1) is 19.1. The predicted molar refractivity (Wildman–Crippen MR) is 84.1 cm³/mol. The van der Waals surface area contributed by atoms with E-state index in [0.29, 0.717) is 31.7 Å². The average molecular weight is 385 g/mol. The van der Waals surface area contributed by atoms with E-state index in [4.69, 9.17) is 0 Å². The summed E-state index contributed by atoms with van der Waals surface area (Å²) < 4.78 is 68.9. The summed E-state index contributed by atoms with van der Waals surface area (Å²) in [6.45, 7) is 2.05. The van der Waals surface area contributed by atoms with Gasteiger partial charge in [0.25, 0.3) is 0 Å². The van der Waals surface area contributed by atoms with E-state index in [1.807, 2.05) is 0 Å². The first-order valence-electron chi connectivity index (χ1n) is 7.00. The van der Waals surface area contributed by atoms with Crippen molar-refractivity contribution in [3.63, 3.8) is 0 Å². The summed E-state index contributed by atoms with van der Waals surface area (Å²) >= 11 is 1.30. The number of benzene rings is 1. The average Bonchev–Trinajstić information content (AvgIpc) is 3.10. The quantitative estimate of drug-likeness (QED) is 0.491. The molecule has 0 radical (unpaired) electrons. The topological polar surface area (TPSA) is 15.3 Å². The Hall–Kier alpha value is -1.22. The summed E-state index contributed by atoms with van der Waals surface area (Å²) in [6, 6.07) is 0.628. The Labute approximate surface area is 145 Å². The number of nitrogens with one attached hydrogen (secondary N) is 1. The number of thiophene rings is 1. The summed E-state index contributed by atoms with van der Waals surface area (Å²) in [7, 11) is 0. The van der Waals surface area contributed by atoms with E-state index < -0.39 is 40.7 Å². The van der Waals surface area contributed by atoms with Crippen LogP contribution >= 0.6 is 23.7 Å². The van der Waals surface area contributed by atoms with Crippen molar-refractivity contribution >= 4 is 23.7 Å². The molecule has 132 valence electrons. The lowest BCUT2D eigenvalue weighted by atomic mass is 9.97. The van der Waals surface area contributed by atoms with Gasteiger partial charge >= 0.3 is 0 Å². The standard InChI is InChI=1S/C15H13F5N2S.ClH/c16-10-9(11(17)13(19)14(20)12(10)18)15(8-1-6-23-7-8)22-4-2-21-3-5-22;/h1,6-7,15,21H,2-5H2;1H/t15-;/m0./s1. The highest BCUT2D eigenvalue weighted by atomic mass is 35.5. The Balaban J connectivity index is 0.00000208. The van der Waals surface area contributed by atoms with E-state index in [1.165, 1.54) is 11.3 Å². The van der Waals surface area contributed by atoms with Gasteiger partial charge in [-0.25, -0.2) is 22.0 Å². The van der Waals surface area contributed by atoms with Gasteiger partial charge in [0.2, 0.25) is 5.82 Å². The maximum atomic E-state index is 14.2. The minimum atomic E-state index is -2.13. The van der Waals surface area contributed by atoms with Crippen LogP contribution in [0.5, 0.6) is 0 Å². The lowest BCUT2D eigenvalue weighted by Gasteiger charge is -2.35. The lowest BCUT2D eigenvalue weighted by molar-refractivity contribution is 0.189. The van der Waals surface area contributed by atoms with Crippen molar-refractivity contribution in [2.75, 3.05) is 26.2 Å². The zero-order chi connectivity index (χ0) is 16.6. The number of hydrogen-bond acceptors (Lipinski definition) is 3. The summed E-state index contributed by atoms with van der Waals surface area (Å²) in [5, 5.41) is 6.46. The zero-order valence-corrected chi connectivity index (χ0v) is 13.9. The van der Waals surface area contributed by atoms with E-state index in [0.717, 1.165) is 0 Å². The smallest absolute Gasteiger partial charge is 0.200 e. The second-order valence-electron chi connectivity index (χ2n) is 5.23. The third kappa shape index (κ3) is 3.28. The molecular formula is C15H14ClF5N2S.